The third-order valence-electron chi connectivity index (χ3n) is 5.45. The van der Waals surface area contributed by atoms with Crippen LogP contribution in [0, 0.1) is 30.0 Å². The average Bonchev–Trinajstić information content (AvgIpc) is 3.40. The van der Waals surface area contributed by atoms with Crippen molar-refractivity contribution in [3.8, 4) is 17.5 Å². The van der Waals surface area contributed by atoms with E-state index < -0.39 is 0 Å². The molecule has 0 aliphatic carbocycles. The summed E-state index contributed by atoms with van der Waals surface area (Å²) >= 11 is 1.31. The maximum atomic E-state index is 14.4. The van der Waals surface area contributed by atoms with Crippen LogP contribution >= 0.6 is 11.8 Å². The van der Waals surface area contributed by atoms with Gasteiger partial charge in [-0.05, 0) is 18.1 Å². The highest BCUT2D eigenvalue weighted by Gasteiger charge is 2.26. The Hall–Kier alpha value is -3.39. The minimum absolute atomic E-state index is 0.00885. The summed E-state index contributed by atoms with van der Waals surface area (Å²) in [7, 11) is 0. The Morgan fingerprint density at radius 3 is 2.65 bits per heavy atom. The number of amides is 1. The fraction of sp³-hybridized carbons (Fsp3) is 0.435. The van der Waals surface area contributed by atoms with E-state index in [-0.39, 0.29) is 23.2 Å². The number of oxazole rings is 1. The van der Waals surface area contributed by atoms with Gasteiger partial charge in [0, 0.05) is 39.6 Å². The van der Waals surface area contributed by atoms with Crippen LogP contribution in [-0.2, 0) is 11.3 Å². The maximum Gasteiger partial charge on any atom is 0.234 e. The highest BCUT2D eigenvalue weighted by molar-refractivity contribution is 7.99. The summed E-state index contributed by atoms with van der Waals surface area (Å²) in [5, 5.41) is 18.3. The fourth-order valence-electron chi connectivity index (χ4n) is 3.85. The second-order valence-electron chi connectivity index (χ2n) is 8.45. The van der Waals surface area contributed by atoms with Crippen molar-refractivity contribution in [2.45, 2.75) is 32.5 Å². The van der Waals surface area contributed by atoms with Gasteiger partial charge in [-0.25, -0.2) is 9.37 Å². The molecule has 1 saturated heterocycles. The zero-order valence-corrected chi connectivity index (χ0v) is 20.2. The first-order chi connectivity index (χ1) is 16.4. The Morgan fingerprint density at radius 1 is 1.24 bits per heavy atom. The summed E-state index contributed by atoms with van der Waals surface area (Å²) in [5.74, 6) is 1.51. The van der Waals surface area contributed by atoms with E-state index in [0.717, 1.165) is 0 Å². The van der Waals surface area contributed by atoms with Gasteiger partial charge in [-0.2, -0.15) is 5.26 Å². The molecule has 0 N–H and O–H groups in total. The number of halogens is 1. The average molecular weight is 484 g/mol. The van der Waals surface area contributed by atoms with Crippen molar-refractivity contribution in [2.24, 2.45) is 5.92 Å². The molecule has 0 spiro atoms. The zero-order valence-electron chi connectivity index (χ0n) is 19.4. The largest absolute Gasteiger partial charge is 0.424 e. The van der Waals surface area contributed by atoms with E-state index in [2.05, 4.69) is 35.1 Å². The molecule has 4 rings (SSSR count). The van der Waals surface area contributed by atoms with E-state index in [4.69, 9.17) is 4.42 Å². The molecule has 11 heteroatoms. The molecule has 178 valence electrons. The Kier molecular flexibility index (Phi) is 7.17. The molecule has 34 heavy (non-hydrogen) atoms. The molecule has 0 atom stereocenters. The second kappa shape index (κ2) is 10.3. The van der Waals surface area contributed by atoms with Crippen molar-refractivity contribution in [3.05, 3.63) is 41.7 Å². The first-order valence-corrected chi connectivity index (χ1v) is 12.1. The third-order valence-corrected chi connectivity index (χ3v) is 6.40. The van der Waals surface area contributed by atoms with Crippen LogP contribution in [-0.4, -0.2) is 62.5 Å². The lowest BCUT2D eigenvalue weighted by molar-refractivity contribution is -0.128. The van der Waals surface area contributed by atoms with Gasteiger partial charge >= 0.3 is 0 Å². The summed E-state index contributed by atoms with van der Waals surface area (Å²) < 4.78 is 21.8. The standard InChI is InChI=1S/C23H26FN7O2S/c1-15(2)13-31-21(17-6-4-5-7-18(17)24)27-28-23(31)34-14-20(32)29-8-10-30(11-9-29)22-19(12-25)26-16(3)33-22/h4-7,15H,8-11,13-14H2,1-3H3. The van der Waals surface area contributed by atoms with Crippen molar-refractivity contribution >= 4 is 23.6 Å². The lowest BCUT2D eigenvalue weighted by Crippen LogP contribution is -2.49. The quantitative estimate of drug-likeness (QED) is 0.471. The number of nitriles is 1. The summed E-state index contributed by atoms with van der Waals surface area (Å²) in [6.45, 7) is 8.60. The number of thioether (sulfide) groups is 1. The summed E-state index contributed by atoms with van der Waals surface area (Å²) in [6.07, 6.45) is 0. The van der Waals surface area contributed by atoms with Crippen LogP contribution in [0.1, 0.15) is 25.4 Å². The number of aromatic nitrogens is 4. The van der Waals surface area contributed by atoms with Gasteiger partial charge < -0.3 is 18.8 Å². The molecule has 1 amide bonds. The van der Waals surface area contributed by atoms with E-state index in [1.807, 2.05) is 9.47 Å². The van der Waals surface area contributed by atoms with Crippen LogP contribution in [0.4, 0.5) is 10.3 Å². The first-order valence-electron chi connectivity index (χ1n) is 11.1. The van der Waals surface area contributed by atoms with Gasteiger partial charge in [0.2, 0.25) is 17.5 Å². The number of anilines is 1. The Morgan fingerprint density at radius 2 is 1.97 bits per heavy atom. The predicted molar refractivity (Wildman–Crippen MR) is 126 cm³/mol. The van der Waals surface area contributed by atoms with Crippen LogP contribution in [0.2, 0.25) is 0 Å². The van der Waals surface area contributed by atoms with Gasteiger partial charge in [0.15, 0.2) is 16.9 Å². The summed E-state index contributed by atoms with van der Waals surface area (Å²) in [5.41, 5.74) is 0.660. The number of aryl methyl sites for hydroxylation is 1. The monoisotopic (exact) mass is 483 g/mol. The van der Waals surface area contributed by atoms with Crippen LogP contribution in [0.3, 0.4) is 0 Å². The molecule has 9 nitrogen and oxygen atoms in total. The van der Waals surface area contributed by atoms with Gasteiger partial charge in [0.1, 0.15) is 11.9 Å². The van der Waals surface area contributed by atoms with Gasteiger partial charge in [-0.3, -0.25) is 4.79 Å². The molecule has 0 bridgehead atoms. The molecule has 1 fully saturated rings. The van der Waals surface area contributed by atoms with Crippen molar-refractivity contribution in [1.82, 2.24) is 24.6 Å². The lowest BCUT2D eigenvalue weighted by atomic mass is 10.2. The van der Waals surface area contributed by atoms with Crippen molar-refractivity contribution < 1.29 is 13.6 Å². The maximum absolute atomic E-state index is 14.4. The van der Waals surface area contributed by atoms with E-state index >= 15 is 0 Å². The number of carbonyl (C=O) groups excluding carboxylic acids is 1. The molecule has 3 heterocycles. The SMILES string of the molecule is Cc1nc(C#N)c(N2CCN(C(=O)CSc3nnc(-c4ccccc4F)n3CC(C)C)CC2)o1. The molecule has 1 aromatic carbocycles. The minimum Gasteiger partial charge on any atom is -0.424 e. The topological polar surface area (TPSA) is 104 Å². The first kappa shape index (κ1) is 23.8. The third kappa shape index (κ3) is 5.07. The van der Waals surface area contributed by atoms with Crippen LogP contribution < -0.4 is 4.90 Å². The Balaban J connectivity index is 1.40. The molecule has 1 aliphatic heterocycles. The minimum atomic E-state index is -0.355. The van der Waals surface area contributed by atoms with Gasteiger partial charge in [-0.15, -0.1) is 10.2 Å². The van der Waals surface area contributed by atoms with Gasteiger partial charge in [-0.1, -0.05) is 37.7 Å². The normalized spacial score (nSPS) is 14.0. The molecular weight excluding hydrogens is 457 g/mol. The molecule has 2 aromatic heterocycles. The van der Waals surface area contributed by atoms with Crippen LogP contribution in [0.15, 0.2) is 33.8 Å². The zero-order chi connectivity index (χ0) is 24.2. The number of benzene rings is 1. The highest BCUT2D eigenvalue weighted by atomic mass is 32.2. The molecule has 0 saturated carbocycles. The lowest BCUT2D eigenvalue weighted by Gasteiger charge is -2.34. The second-order valence-corrected chi connectivity index (χ2v) is 9.39. The molecule has 0 radical (unpaired) electrons. The number of hydrogen-bond acceptors (Lipinski definition) is 8. The summed E-state index contributed by atoms with van der Waals surface area (Å²) in [6, 6.07) is 8.54. The number of hydrogen-bond donors (Lipinski definition) is 0. The predicted octanol–water partition coefficient (Wildman–Crippen LogP) is 3.35. The number of rotatable bonds is 7. The molecule has 1 aliphatic rings. The number of nitrogens with zero attached hydrogens (tertiary/aromatic N) is 7. The van der Waals surface area contributed by atoms with E-state index in [1.165, 1.54) is 17.8 Å². The summed E-state index contributed by atoms with van der Waals surface area (Å²) in [4.78, 5) is 20.7. The van der Waals surface area contributed by atoms with E-state index in [9.17, 15) is 14.4 Å². The van der Waals surface area contributed by atoms with Crippen molar-refractivity contribution in [1.29, 1.82) is 5.26 Å². The van der Waals surface area contributed by atoms with Crippen molar-refractivity contribution in [3.63, 3.8) is 0 Å². The fourth-order valence-corrected chi connectivity index (χ4v) is 4.70. The van der Waals surface area contributed by atoms with Crippen molar-refractivity contribution in [2.75, 3.05) is 36.8 Å². The molecule has 3 aromatic rings. The van der Waals surface area contributed by atoms with E-state index in [0.29, 0.717) is 67.0 Å². The molecular formula is C23H26FN7O2S. The Labute approximate surface area is 201 Å². The smallest absolute Gasteiger partial charge is 0.234 e. The number of carbonyl (C=O) groups is 1. The van der Waals surface area contributed by atoms with Gasteiger partial charge in [0.05, 0.1) is 11.3 Å². The van der Waals surface area contributed by atoms with Crippen LogP contribution in [0.25, 0.3) is 11.4 Å². The van der Waals surface area contributed by atoms with E-state index in [1.54, 1.807) is 30.0 Å². The van der Waals surface area contributed by atoms with Crippen LogP contribution in [0.5, 0.6) is 0 Å². The Bertz CT molecular complexity index is 1210. The number of piperazine rings is 1. The molecule has 0 unspecified atom stereocenters. The van der Waals surface area contributed by atoms with Gasteiger partial charge in [0.25, 0.3) is 0 Å². The highest BCUT2D eigenvalue weighted by Crippen LogP contribution is 2.28.